The second-order valence-electron chi connectivity index (χ2n) is 7.44. The van der Waals surface area contributed by atoms with Gasteiger partial charge in [-0.1, -0.05) is 41.4 Å². The minimum atomic E-state index is 0.574. The maximum absolute atomic E-state index is 6.30. The molecule has 3 aromatic rings. The summed E-state index contributed by atoms with van der Waals surface area (Å²) in [4.78, 5) is 2.44. The second-order valence-corrected chi connectivity index (χ2v) is 7.88. The Morgan fingerprint density at radius 2 is 1.88 bits per heavy atom. The molecular formula is C22H25ClN2. The van der Waals surface area contributed by atoms with Crippen LogP contribution in [0, 0.1) is 6.92 Å². The van der Waals surface area contributed by atoms with Crippen LogP contribution in [-0.4, -0.2) is 22.6 Å². The molecule has 0 radical (unpaired) electrons. The van der Waals surface area contributed by atoms with Gasteiger partial charge in [0.25, 0.3) is 0 Å². The molecule has 2 nitrogen and oxygen atoms in total. The predicted octanol–water partition coefficient (Wildman–Crippen LogP) is 5.22. The first kappa shape index (κ1) is 16.7. The van der Waals surface area contributed by atoms with Crippen molar-refractivity contribution in [1.29, 1.82) is 0 Å². The van der Waals surface area contributed by atoms with Crippen LogP contribution in [0.15, 0.2) is 42.5 Å². The molecule has 3 heteroatoms. The highest BCUT2D eigenvalue weighted by Gasteiger charge is 2.26. The van der Waals surface area contributed by atoms with Gasteiger partial charge in [-0.25, -0.2) is 0 Å². The molecule has 2 heterocycles. The van der Waals surface area contributed by atoms with E-state index in [1.54, 1.807) is 0 Å². The van der Waals surface area contributed by atoms with Crippen LogP contribution in [0.2, 0.25) is 5.02 Å². The SMILES string of the molecule is Cc1ccc(CCn2c3c(c4cc(Cl)ccc42)CN(C)C(C)C3)cc1. The highest BCUT2D eigenvalue weighted by molar-refractivity contribution is 6.31. The topological polar surface area (TPSA) is 8.17 Å². The highest BCUT2D eigenvalue weighted by atomic mass is 35.5. The lowest BCUT2D eigenvalue weighted by molar-refractivity contribution is 0.228. The smallest absolute Gasteiger partial charge is 0.0487 e. The monoisotopic (exact) mass is 352 g/mol. The Morgan fingerprint density at radius 3 is 2.64 bits per heavy atom. The zero-order chi connectivity index (χ0) is 17.6. The quantitative estimate of drug-likeness (QED) is 0.627. The molecule has 0 bridgehead atoms. The molecule has 4 rings (SSSR count). The average Bonchev–Trinajstić information content (AvgIpc) is 2.87. The fourth-order valence-electron chi connectivity index (χ4n) is 3.95. The van der Waals surface area contributed by atoms with Crippen LogP contribution < -0.4 is 0 Å². The number of hydrogen-bond donors (Lipinski definition) is 0. The van der Waals surface area contributed by atoms with E-state index in [0.717, 1.165) is 31.0 Å². The summed E-state index contributed by atoms with van der Waals surface area (Å²) in [6, 6.07) is 15.8. The summed E-state index contributed by atoms with van der Waals surface area (Å²) in [5.41, 5.74) is 7.00. The summed E-state index contributed by atoms with van der Waals surface area (Å²) < 4.78 is 2.53. The molecule has 1 aliphatic rings. The van der Waals surface area contributed by atoms with Gasteiger partial charge in [0, 0.05) is 47.2 Å². The molecule has 2 aromatic carbocycles. The summed E-state index contributed by atoms with van der Waals surface area (Å²) in [6.45, 7) is 6.48. The molecule has 0 amide bonds. The van der Waals surface area contributed by atoms with E-state index in [4.69, 9.17) is 11.6 Å². The third-order valence-corrected chi connectivity index (χ3v) is 5.88. The molecule has 0 N–H and O–H groups in total. The maximum Gasteiger partial charge on any atom is 0.0487 e. The lowest BCUT2D eigenvalue weighted by atomic mass is 10.00. The summed E-state index contributed by atoms with van der Waals surface area (Å²) in [5, 5.41) is 2.15. The van der Waals surface area contributed by atoms with Gasteiger partial charge < -0.3 is 4.57 Å². The Bertz CT molecular complexity index is 908. The van der Waals surface area contributed by atoms with Crippen LogP contribution in [0.5, 0.6) is 0 Å². The number of rotatable bonds is 3. The first-order valence-electron chi connectivity index (χ1n) is 9.08. The minimum absolute atomic E-state index is 0.574. The van der Waals surface area contributed by atoms with Gasteiger partial charge in [0.15, 0.2) is 0 Å². The van der Waals surface area contributed by atoms with E-state index in [9.17, 15) is 0 Å². The van der Waals surface area contributed by atoms with Crippen molar-refractivity contribution in [3.63, 3.8) is 0 Å². The minimum Gasteiger partial charge on any atom is -0.344 e. The van der Waals surface area contributed by atoms with Crippen LogP contribution in [0.3, 0.4) is 0 Å². The molecule has 0 spiro atoms. The third-order valence-electron chi connectivity index (χ3n) is 5.64. The van der Waals surface area contributed by atoms with E-state index in [2.05, 4.69) is 66.8 Å². The van der Waals surface area contributed by atoms with Crippen molar-refractivity contribution >= 4 is 22.5 Å². The van der Waals surface area contributed by atoms with Crippen LogP contribution in [0.4, 0.5) is 0 Å². The van der Waals surface area contributed by atoms with Crippen molar-refractivity contribution in [2.75, 3.05) is 7.05 Å². The summed E-state index contributed by atoms with van der Waals surface area (Å²) in [6.07, 6.45) is 2.16. The fourth-order valence-corrected chi connectivity index (χ4v) is 4.12. The van der Waals surface area contributed by atoms with E-state index in [1.165, 1.54) is 33.3 Å². The van der Waals surface area contributed by atoms with Crippen molar-refractivity contribution < 1.29 is 0 Å². The molecule has 1 unspecified atom stereocenters. The third kappa shape index (κ3) is 3.09. The molecule has 0 saturated heterocycles. The summed E-state index contributed by atoms with van der Waals surface area (Å²) >= 11 is 6.30. The summed E-state index contributed by atoms with van der Waals surface area (Å²) in [5.74, 6) is 0. The standard InChI is InChI=1S/C22H25ClN2/c1-15-4-6-17(7-5-15)10-11-25-21-9-8-18(23)13-19(21)20-14-24(3)16(2)12-22(20)25/h4-9,13,16H,10-12,14H2,1-3H3. The Hall–Kier alpha value is -1.77. The molecule has 25 heavy (non-hydrogen) atoms. The molecule has 1 aromatic heterocycles. The highest BCUT2D eigenvalue weighted by Crippen LogP contribution is 2.34. The van der Waals surface area contributed by atoms with Crippen LogP contribution >= 0.6 is 11.6 Å². The summed E-state index contributed by atoms with van der Waals surface area (Å²) in [7, 11) is 2.22. The average molecular weight is 353 g/mol. The largest absolute Gasteiger partial charge is 0.344 e. The Kier molecular flexibility index (Phi) is 4.35. The fraction of sp³-hybridized carbons (Fsp3) is 0.364. The zero-order valence-electron chi connectivity index (χ0n) is 15.2. The lowest BCUT2D eigenvalue weighted by Crippen LogP contribution is -2.35. The van der Waals surface area contributed by atoms with Gasteiger partial charge in [0.2, 0.25) is 0 Å². The second kappa shape index (κ2) is 6.51. The predicted molar refractivity (Wildman–Crippen MR) is 106 cm³/mol. The number of likely N-dealkylation sites (N-methyl/N-ethyl adjacent to an activating group) is 1. The number of fused-ring (bicyclic) bond motifs is 3. The Balaban J connectivity index is 1.74. The molecule has 0 saturated carbocycles. The molecular weight excluding hydrogens is 328 g/mol. The molecule has 0 fully saturated rings. The van der Waals surface area contributed by atoms with Crippen LogP contribution in [0.25, 0.3) is 10.9 Å². The van der Waals surface area contributed by atoms with Crippen molar-refractivity contribution in [3.8, 4) is 0 Å². The number of nitrogens with zero attached hydrogens (tertiary/aromatic N) is 2. The number of aryl methyl sites for hydroxylation is 3. The molecule has 130 valence electrons. The van der Waals surface area contributed by atoms with E-state index in [1.807, 2.05) is 6.07 Å². The molecule has 0 aliphatic carbocycles. The van der Waals surface area contributed by atoms with Gasteiger partial charge in [-0.2, -0.15) is 0 Å². The van der Waals surface area contributed by atoms with Crippen molar-refractivity contribution in [3.05, 3.63) is 69.9 Å². The van der Waals surface area contributed by atoms with E-state index in [0.29, 0.717) is 6.04 Å². The van der Waals surface area contributed by atoms with Gasteiger partial charge in [-0.15, -0.1) is 0 Å². The zero-order valence-corrected chi connectivity index (χ0v) is 16.0. The van der Waals surface area contributed by atoms with Gasteiger partial charge >= 0.3 is 0 Å². The van der Waals surface area contributed by atoms with Gasteiger partial charge in [-0.05, 0) is 56.6 Å². The lowest BCUT2D eigenvalue weighted by Gasteiger charge is -2.31. The first-order chi connectivity index (χ1) is 12.0. The number of aromatic nitrogens is 1. The number of benzene rings is 2. The maximum atomic E-state index is 6.30. The van der Waals surface area contributed by atoms with E-state index < -0.39 is 0 Å². The normalized spacial score (nSPS) is 17.8. The number of halogens is 1. The Labute approximate surface area is 155 Å². The number of hydrogen-bond acceptors (Lipinski definition) is 1. The van der Waals surface area contributed by atoms with Gasteiger partial charge in [0.05, 0.1) is 0 Å². The van der Waals surface area contributed by atoms with Crippen molar-refractivity contribution in [2.24, 2.45) is 0 Å². The van der Waals surface area contributed by atoms with Crippen molar-refractivity contribution in [1.82, 2.24) is 9.47 Å². The molecule has 1 aliphatic heterocycles. The van der Waals surface area contributed by atoms with E-state index >= 15 is 0 Å². The Morgan fingerprint density at radius 1 is 1.12 bits per heavy atom. The van der Waals surface area contributed by atoms with E-state index in [-0.39, 0.29) is 0 Å². The van der Waals surface area contributed by atoms with Gasteiger partial charge in [-0.3, -0.25) is 4.90 Å². The molecule has 1 atom stereocenters. The van der Waals surface area contributed by atoms with Gasteiger partial charge in [0.1, 0.15) is 0 Å². The first-order valence-corrected chi connectivity index (χ1v) is 9.46. The van der Waals surface area contributed by atoms with Crippen molar-refractivity contribution in [2.45, 2.75) is 45.8 Å². The van der Waals surface area contributed by atoms with Crippen LogP contribution in [0.1, 0.15) is 29.3 Å². The van der Waals surface area contributed by atoms with Crippen LogP contribution in [-0.2, 0) is 25.9 Å².